The highest BCUT2D eigenvalue weighted by molar-refractivity contribution is 5.50. The summed E-state index contributed by atoms with van der Waals surface area (Å²) < 4.78 is 63.9. The van der Waals surface area contributed by atoms with Gasteiger partial charge in [0.1, 0.15) is 23.9 Å². The summed E-state index contributed by atoms with van der Waals surface area (Å²) in [5.74, 6) is -2.24. The van der Waals surface area contributed by atoms with Gasteiger partial charge in [0.2, 0.25) is 0 Å². The third kappa shape index (κ3) is 3.56. The minimum absolute atomic E-state index is 0.0307. The van der Waals surface area contributed by atoms with Gasteiger partial charge in [-0.05, 0) is 24.6 Å². The van der Waals surface area contributed by atoms with Gasteiger partial charge in [0.05, 0.1) is 6.61 Å². The number of alkyl halides is 3. The zero-order valence-corrected chi connectivity index (χ0v) is 9.56. The first-order chi connectivity index (χ1) is 8.28. The highest BCUT2D eigenvalue weighted by atomic mass is 19.4. The van der Waals surface area contributed by atoms with Crippen LogP contribution >= 0.6 is 0 Å². The quantitative estimate of drug-likeness (QED) is 0.850. The van der Waals surface area contributed by atoms with Crippen molar-refractivity contribution in [1.82, 2.24) is 0 Å². The highest BCUT2D eigenvalue weighted by Gasteiger charge is 2.32. The number of benzene rings is 1. The second-order valence-corrected chi connectivity index (χ2v) is 3.70. The Morgan fingerprint density at radius 2 is 1.67 bits per heavy atom. The lowest BCUT2D eigenvalue weighted by molar-refractivity contribution is -0.119. The molecule has 0 aromatic heterocycles. The van der Waals surface area contributed by atoms with Gasteiger partial charge in [-0.3, -0.25) is 0 Å². The number of aliphatic hydroxyl groups is 1. The van der Waals surface area contributed by atoms with E-state index in [9.17, 15) is 22.0 Å². The van der Waals surface area contributed by atoms with Gasteiger partial charge in [-0.2, -0.15) is 13.2 Å². The molecule has 0 saturated carbocycles. The van der Waals surface area contributed by atoms with Crippen LogP contribution in [-0.4, -0.2) is 24.4 Å². The molecule has 1 aromatic carbocycles. The molecule has 7 heteroatoms. The van der Waals surface area contributed by atoms with Crippen LogP contribution in [-0.2, 0) is 6.61 Å². The Bertz CT molecular complexity index is 395. The molecule has 0 aliphatic carbocycles. The zero-order chi connectivity index (χ0) is 13.9. The topological polar surface area (TPSA) is 23.5 Å². The molecule has 0 amide bonds. The normalized spacial score (nSPS) is 11.7. The largest absolute Gasteiger partial charge is 0.405 e. The number of hydrogen-bond acceptors (Lipinski definition) is 2. The fourth-order valence-electron chi connectivity index (χ4n) is 1.58. The average Bonchev–Trinajstić information content (AvgIpc) is 2.24. The lowest BCUT2D eigenvalue weighted by Crippen LogP contribution is -2.35. The zero-order valence-electron chi connectivity index (χ0n) is 9.56. The maximum Gasteiger partial charge on any atom is 0.405 e. The van der Waals surface area contributed by atoms with Crippen molar-refractivity contribution in [2.24, 2.45) is 0 Å². The maximum absolute atomic E-state index is 13.6. The lowest BCUT2D eigenvalue weighted by atomic mass is 10.1. The Kier molecular flexibility index (Phi) is 4.50. The molecule has 1 rings (SSSR count). The predicted octanol–water partition coefficient (Wildman–Crippen LogP) is 2.85. The summed E-state index contributed by atoms with van der Waals surface area (Å²) in [5.41, 5.74) is -0.760. The van der Waals surface area contributed by atoms with Crippen LogP contribution in [0.2, 0.25) is 0 Å². The van der Waals surface area contributed by atoms with E-state index in [1.165, 1.54) is 6.92 Å². The van der Waals surface area contributed by atoms with Gasteiger partial charge in [-0.15, -0.1) is 0 Å². The van der Waals surface area contributed by atoms with Crippen LogP contribution in [0.3, 0.4) is 0 Å². The first-order valence-corrected chi connectivity index (χ1v) is 5.19. The number of rotatable bonds is 4. The average molecular weight is 269 g/mol. The van der Waals surface area contributed by atoms with E-state index < -0.39 is 36.6 Å². The number of halogens is 5. The van der Waals surface area contributed by atoms with E-state index in [-0.39, 0.29) is 12.1 Å². The molecule has 1 N–H and O–H groups in total. The van der Waals surface area contributed by atoms with Crippen molar-refractivity contribution in [2.45, 2.75) is 19.7 Å². The second-order valence-electron chi connectivity index (χ2n) is 3.70. The maximum atomic E-state index is 13.6. The van der Waals surface area contributed by atoms with Gasteiger partial charge in [0, 0.05) is 6.54 Å². The molecule has 0 bridgehead atoms. The molecule has 0 aliphatic heterocycles. The number of nitrogens with zero attached hydrogens (tertiary/aromatic N) is 1. The molecule has 0 atom stereocenters. The van der Waals surface area contributed by atoms with Crippen molar-refractivity contribution in [3.8, 4) is 0 Å². The summed E-state index contributed by atoms with van der Waals surface area (Å²) in [7, 11) is 0. The summed E-state index contributed by atoms with van der Waals surface area (Å²) in [6, 6.07) is 1.63. The lowest BCUT2D eigenvalue weighted by Gasteiger charge is -2.25. The van der Waals surface area contributed by atoms with E-state index >= 15 is 0 Å². The van der Waals surface area contributed by atoms with Gasteiger partial charge >= 0.3 is 6.18 Å². The Balaban J connectivity index is 3.14. The molecule has 0 aliphatic rings. The number of aliphatic hydroxyl groups excluding tert-OH is 1. The fourth-order valence-corrected chi connectivity index (χ4v) is 1.58. The van der Waals surface area contributed by atoms with Crippen LogP contribution in [0.1, 0.15) is 12.5 Å². The summed E-state index contributed by atoms with van der Waals surface area (Å²) in [6.45, 7) is -0.842. The molecule has 1 aromatic rings. The van der Waals surface area contributed by atoms with Crippen LogP contribution in [0.5, 0.6) is 0 Å². The van der Waals surface area contributed by atoms with E-state index in [0.29, 0.717) is 4.90 Å². The smallest absolute Gasteiger partial charge is 0.392 e. The van der Waals surface area contributed by atoms with Crippen molar-refractivity contribution in [2.75, 3.05) is 18.0 Å². The molecule has 18 heavy (non-hydrogen) atoms. The molecule has 0 fully saturated rings. The molecular weight excluding hydrogens is 257 g/mol. The second kappa shape index (κ2) is 5.51. The minimum atomic E-state index is -4.55. The van der Waals surface area contributed by atoms with Crippen LogP contribution in [0.25, 0.3) is 0 Å². The number of anilines is 1. The van der Waals surface area contributed by atoms with Gasteiger partial charge in [0.15, 0.2) is 0 Å². The van der Waals surface area contributed by atoms with Crippen LogP contribution < -0.4 is 4.90 Å². The van der Waals surface area contributed by atoms with Gasteiger partial charge in [0.25, 0.3) is 0 Å². The number of hydrogen-bond donors (Lipinski definition) is 1. The third-order valence-electron chi connectivity index (χ3n) is 2.33. The molecule has 0 radical (unpaired) electrons. The molecule has 0 heterocycles. The van der Waals surface area contributed by atoms with Gasteiger partial charge in [-0.1, -0.05) is 0 Å². The summed E-state index contributed by atoms with van der Waals surface area (Å²) in [6.07, 6.45) is -4.55. The molecule has 2 nitrogen and oxygen atoms in total. The Hall–Kier alpha value is -1.37. The summed E-state index contributed by atoms with van der Waals surface area (Å²) >= 11 is 0. The Morgan fingerprint density at radius 1 is 1.17 bits per heavy atom. The summed E-state index contributed by atoms with van der Waals surface area (Å²) in [4.78, 5) is 0.561. The van der Waals surface area contributed by atoms with E-state index in [2.05, 4.69) is 0 Å². The molecule has 0 saturated heterocycles. The Labute approximate surface area is 101 Å². The molecule has 0 spiro atoms. The fraction of sp³-hybridized carbons (Fsp3) is 0.455. The molecular formula is C11H12F5NO. The van der Waals surface area contributed by atoms with Crippen molar-refractivity contribution in [1.29, 1.82) is 0 Å². The molecule has 0 unspecified atom stereocenters. The Morgan fingerprint density at radius 3 is 2.00 bits per heavy atom. The van der Waals surface area contributed by atoms with E-state index in [4.69, 9.17) is 5.11 Å². The standard InChI is InChI=1S/C11H12F5NO/c1-2-17(6-11(14,15)16)10-8(12)3-7(5-18)4-9(10)13/h3-4,18H,2,5-6H2,1H3. The first kappa shape index (κ1) is 14.7. The third-order valence-corrected chi connectivity index (χ3v) is 2.33. The monoisotopic (exact) mass is 269 g/mol. The van der Waals surface area contributed by atoms with E-state index in [1.807, 2.05) is 0 Å². The molecule has 102 valence electrons. The van der Waals surface area contributed by atoms with E-state index in [1.54, 1.807) is 0 Å². The predicted molar refractivity (Wildman–Crippen MR) is 56.2 cm³/mol. The minimum Gasteiger partial charge on any atom is -0.392 e. The summed E-state index contributed by atoms with van der Waals surface area (Å²) in [5, 5.41) is 8.73. The van der Waals surface area contributed by atoms with E-state index in [0.717, 1.165) is 12.1 Å². The van der Waals surface area contributed by atoms with Crippen molar-refractivity contribution >= 4 is 5.69 Å². The van der Waals surface area contributed by atoms with Crippen LogP contribution in [0.4, 0.5) is 27.6 Å². The SMILES string of the molecule is CCN(CC(F)(F)F)c1c(F)cc(CO)cc1F. The van der Waals surface area contributed by atoms with Crippen LogP contribution in [0, 0.1) is 11.6 Å². The van der Waals surface area contributed by atoms with Gasteiger partial charge < -0.3 is 10.0 Å². The van der Waals surface area contributed by atoms with Crippen molar-refractivity contribution in [3.63, 3.8) is 0 Å². The highest BCUT2D eigenvalue weighted by Crippen LogP contribution is 2.28. The van der Waals surface area contributed by atoms with Crippen molar-refractivity contribution in [3.05, 3.63) is 29.3 Å². The first-order valence-electron chi connectivity index (χ1n) is 5.19. The van der Waals surface area contributed by atoms with Crippen LogP contribution in [0.15, 0.2) is 12.1 Å². The van der Waals surface area contributed by atoms with Crippen molar-refractivity contribution < 1.29 is 27.1 Å². The van der Waals surface area contributed by atoms with Gasteiger partial charge in [-0.25, -0.2) is 8.78 Å².